The van der Waals surface area contributed by atoms with E-state index in [9.17, 15) is 13.2 Å². The van der Waals surface area contributed by atoms with Gasteiger partial charge in [0.05, 0.1) is 11.7 Å². The molecule has 0 N–H and O–H groups in total. The van der Waals surface area contributed by atoms with Crippen molar-refractivity contribution in [3.63, 3.8) is 0 Å². The number of halogens is 3. The second kappa shape index (κ2) is 5.40. The molecule has 9 heteroatoms. The Hall–Kier alpha value is -3.23. The minimum Gasteiger partial charge on any atom is -0.438 e. The molecule has 0 amide bonds. The first-order valence-electron chi connectivity index (χ1n) is 7.20. The Morgan fingerprint density at radius 1 is 1.08 bits per heavy atom. The van der Waals surface area contributed by atoms with Gasteiger partial charge in [0.2, 0.25) is 5.88 Å². The Morgan fingerprint density at radius 3 is 2.68 bits per heavy atom. The molecule has 3 heterocycles. The van der Waals surface area contributed by atoms with E-state index in [0.717, 1.165) is 6.07 Å². The van der Waals surface area contributed by atoms with E-state index in [1.54, 1.807) is 30.1 Å². The van der Waals surface area contributed by atoms with Crippen LogP contribution in [0.4, 0.5) is 13.2 Å². The lowest BCUT2D eigenvalue weighted by Gasteiger charge is -2.09. The molecule has 0 atom stereocenters. The molecule has 0 aliphatic carbocycles. The zero-order valence-electron chi connectivity index (χ0n) is 12.8. The highest BCUT2D eigenvalue weighted by Crippen LogP contribution is 2.31. The van der Waals surface area contributed by atoms with Gasteiger partial charge in [0.15, 0.2) is 5.65 Å². The predicted molar refractivity (Wildman–Crippen MR) is 83.1 cm³/mol. The standard InChI is InChI=1S/C16H10F3N5O/c1-24-14-11(7-22-24)15(21-8-20-14)25-10-4-2-9-3-5-13(16(17,18)19)23-12(9)6-10/h2-8H,1H3. The van der Waals surface area contributed by atoms with Gasteiger partial charge in [0, 0.05) is 18.5 Å². The van der Waals surface area contributed by atoms with Crippen LogP contribution in [0.3, 0.4) is 0 Å². The smallest absolute Gasteiger partial charge is 0.433 e. The fourth-order valence-electron chi connectivity index (χ4n) is 2.45. The Labute approximate surface area is 138 Å². The summed E-state index contributed by atoms with van der Waals surface area (Å²) in [6.45, 7) is 0. The van der Waals surface area contributed by atoms with E-state index in [2.05, 4.69) is 20.1 Å². The lowest BCUT2D eigenvalue weighted by molar-refractivity contribution is -0.140. The number of hydrogen-bond acceptors (Lipinski definition) is 5. The summed E-state index contributed by atoms with van der Waals surface area (Å²) >= 11 is 0. The number of ether oxygens (including phenoxy) is 1. The van der Waals surface area contributed by atoms with Gasteiger partial charge in [-0.15, -0.1) is 0 Å². The summed E-state index contributed by atoms with van der Waals surface area (Å²) in [4.78, 5) is 11.8. The Kier molecular flexibility index (Phi) is 3.31. The van der Waals surface area contributed by atoms with Gasteiger partial charge in [0.1, 0.15) is 23.2 Å². The summed E-state index contributed by atoms with van der Waals surface area (Å²) < 4.78 is 45.7. The molecule has 6 nitrogen and oxygen atoms in total. The first-order valence-corrected chi connectivity index (χ1v) is 7.20. The van der Waals surface area contributed by atoms with E-state index in [1.807, 2.05) is 0 Å². The van der Waals surface area contributed by atoms with E-state index >= 15 is 0 Å². The van der Waals surface area contributed by atoms with Gasteiger partial charge in [-0.05, 0) is 18.2 Å². The Bertz CT molecular complexity index is 1090. The van der Waals surface area contributed by atoms with Gasteiger partial charge in [0.25, 0.3) is 0 Å². The third-order valence-corrected chi connectivity index (χ3v) is 3.66. The van der Waals surface area contributed by atoms with Gasteiger partial charge >= 0.3 is 6.18 Å². The number of hydrogen-bond donors (Lipinski definition) is 0. The highest BCUT2D eigenvalue weighted by Gasteiger charge is 2.32. The van der Waals surface area contributed by atoms with Crippen LogP contribution in [0.1, 0.15) is 5.69 Å². The molecule has 0 radical (unpaired) electrons. The monoisotopic (exact) mass is 345 g/mol. The third kappa shape index (κ3) is 2.73. The molecule has 1 aromatic carbocycles. The van der Waals surface area contributed by atoms with Crippen molar-refractivity contribution in [1.82, 2.24) is 24.7 Å². The fraction of sp³-hybridized carbons (Fsp3) is 0.125. The van der Waals surface area contributed by atoms with Crippen LogP contribution in [0.2, 0.25) is 0 Å². The SMILES string of the molecule is Cn1ncc2c(Oc3ccc4ccc(C(F)(F)F)nc4c3)ncnc21. The summed E-state index contributed by atoms with van der Waals surface area (Å²) in [7, 11) is 1.73. The number of benzene rings is 1. The zero-order chi connectivity index (χ0) is 17.6. The van der Waals surface area contributed by atoms with E-state index in [-0.39, 0.29) is 11.4 Å². The second-order valence-corrected chi connectivity index (χ2v) is 5.34. The molecule has 0 spiro atoms. The molecule has 0 saturated carbocycles. The van der Waals surface area contributed by atoms with Crippen LogP contribution in [0, 0.1) is 0 Å². The molecule has 3 aromatic heterocycles. The van der Waals surface area contributed by atoms with E-state index in [4.69, 9.17) is 4.74 Å². The van der Waals surface area contributed by atoms with Crippen molar-refractivity contribution in [2.45, 2.75) is 6.18 Å². The van der Waals surface area contributed by atoms with E-state index < -0.39 is 11.9 Å². The molecular weight excluding hydrogens is 335 g/mol. The van der Waals surface area contributed by atoms with Crippen LogP contribution < -0.4 is 4.74 Å². The maximum absolute atomic E-state index is 12.8. The summed E-state index contributed by atoms with van der Waals surface area (Å²) in [5.41, 5.74) is -0.180. The topological polar surface area (TPSA) is 65.7 Å². The maximum Gasteiger partial charge on any atom is 0.433 e. The Morgan fingerprint density at radius 2 is 1.88 bits per heavy atom. The molecule has 0 fully saturated rings. The zero-order valence-corrected chi connectivity index (χ0v) is 12.8. The summed E-state index contributed by atoms with van der Waals surface area (Å²) in [6.07, 6.45) is -1.61. The van der Waals surface area contributed by atoms with Gasteiger partial charge in [-0.2, -0.15) is 18.3 Å². The van der Waals surface area contributed by atoms with Crippen LogP contribution in [0.25, 0.3) is 21.9 Å². The van der Waals surface area contributed by atoms with Crippen molar-refractivity contribution in [3.8, 4) is 11.6 Å². The van der Waals surface area contributed by atoms with Crippen LogP contribution in [-0.2, 0) is 13.2 Å². The first-order chi connectivity index (χ1) is 11.9. The first kappa shape index (κ1) is 15.3. The fourth-order valence-corrected chi connectivity index (χ4v) is 2.45. The minimum absolute atomic E-state index is 0.184. The minimum atomic E-state index is -4.50. The molecule has 0 saturated heterocycles. The number of pyridine rings is 1. The lowest BCUT2D eigenvalue weighted by atomic mass is 10.2. The van der Waals surface area contributed by atoms with Gasteiger partial charge in [-0.1, -0.05) is 6.07 Å². The van der Waals surface area contributed by atoms with Crippen molar-refractivity contribution in [2.24, 2.45) is 7.05 Å². The van der Waals surface area contributed by atoms with Crippen LogP contribution >= 0.6 is 0 Å². The largest absolute Gasteiger partial charge is 0.438 e. The number of fused-ring (bicyclic) bond motifs is 2. The van der Waals surface area contributed by atoms with Crippen molar-refractivity contribution >= 4 is 21.9 Å². The van der Waals surface area contributed by atoms with Crippen LogP contribution in [0.15, 0.2) is 42.9 Å². The van der Waals surface area contributed by atoms with Crippen molar-refractivity contribution in [1.29, 1.82) is 0 Å². The summed E-state index contributed by atoms with van der Waals surface area (Å²) in [6, 6.07) is 7.04. The number of rotatable bonds is 2. The average Bonchev–Trinajstić information content (AvgIpc) is 2.96. The van der Waals surface area contributed by atoms with Crippen molar-refractivity contribution < 1.29 is 17.9 Å². The van der Waals surface area contributed by atoms with Gasteiger partial charge in [-0.25, -0.2) is 15.0 Å². The number of alkyl halides is 3. The number of aromatic nitrogens is 5. The molecule has 25 heavy (non-hydrogen) atoms. The summed E-state index contributed by atoms with van der Waals surface area (Å²) in [5.74, 6) is 0.590. The van der Waals surface area contributed by atoms with E-state index in [1.165, 1.54) is 18.5 Å². The maximum atomic E-state index is 12.8. The van der Waals surface area contributed by atoms with E-state index in [0.29, 0.717) is 22.2 Å². The highest BCUT2D eigenvalue weighted by atomic mass is 19.4. The third-order valence-electron chi connectivity index (χ3n) is 3.66. The lowest BCUT2D eigenvalue weighted by Crippen LogP contribution is -2.07. The predicted octanol–water partition coefficient (Wildman–Crippen LogP) is 3.72. The quantitative estimate of drug-likeness (QED) is 0.554. The second-order valence-electron chi connectivity index (χ2n) is 5.34. The molecule has 126 valence electrons. The Balaban J connectivity index is 1.76. The molecule has 4 aromatic rings. The molecule has 0 aliphatic rings. The van der Waals surface area contributed by atoms with Gasteiger partial charge < -0.3 is 4.74 Å². The molecule has 0 unspecified atom stereocenters. The molecule has 0 bridgehead atoms. The van der Waals surface area contributed by atoms with Crippen LogP contribution in [-0.4, -0.2) is 24.7 Å². The van der Waals surface area contributed by atoms with Crippen molar-refractivity contribution in [2.75, 3.05) is 0 Å². The molecule has 4 rings (SSSR count). The normalized spacial score (nSPS) is 12.0. The van der Waals surface area contributed by atoms with Crippen molar-refractivity contribution in [3.05, 3.63) is 48.5 Å². The van der Waals surface area contributed by atoms with Crippen LogP contribution in [0.5, 0.6) is 11.6 Å². The molecule has 0 aliphatic heterocycles. The summed E-state index contributed by atoms with van der Waals surface area (Å²) in [5, 5.41) is 5.26. The number of nitrogens with zero attached hydrogens (tertiary/aromatic N) is 5. The average molecular weight is 345 g/mol. The molecular formula is C16H10F3N5O. The van der Waals surface area contributed by atoms with Gasteiger partial charge in [-0.3, -0.25) is 4.68 Å². The number of aryl methyl sites for hydroxylation is 1. The highest BCUT2D eigenvalue weighted by molar-refractivity contribution is 5.82.